The van der Waals surface area contributed by atoms with E-state index >= 15 is 0 Å². The fourth-order valence-corrected chi connectivity index (χ4v) is 4.11. The number of aliphatic hydroxyl groups excluding tert-OH is 1. The van der Waals surface area contributed by atoms with Gasteiger partial charge < -0.3 is 10.4 Å². The normalized spacial score (nSPS) is 28.4. The second kappa shape index (κ2) is 5.15. The molecule has 22 heavy (non-hydrogen) atoms. The third-order valence-electron chi connectivity index (χ3n) is 5.32. The van der Waals surface area contributed by atoms with Crippen molar-refractivity contribution >= 4 is 11.5 Å². The standard InChI is InChI=1S/C19H25NO2/c1-11-5-7-19(8-6-11)17(21)16(18(22)20-19)15-13(3)9-12(2)10-14(15)4/h9-11,21H,5-8H2,1-4H3,(H,20,22). The summed E-state index contributed by atoms with van der Waals surface area (Å²) < 4.78 is 0. The molecule has 1 aromatic rings. The molecule has 0 radical (unpaired) electrons. The Kier molecular flexibility index (Phi) is 3.54. The molecule has 1 fully saturated rings. The molecule has 1 saturated carbocycles. The summed E-state index contributed by atoms with van der Waals surface area (Å²) in [5, 5.41) is 14.0. The van der Waals surface area contributed by atoms with E-state index in [1.165, 1.54) is 5.56 Å². The first-order chi connectivity index (χ1) is 10.3. The SMILES string of the molecule is Cc1cc(C)c(C2=C(O)C3(CCC(C)CC3)NC2=O)c(C)c1. The molecule has 3 heteroatoms. The maximum atomic E-state index is 12.6. The highest BCUT2D eigenvalue weighted by Crippen LogP contribution is 2.43. The van der Waals surface area contributed by atoms with Crippen molar-refractivity contribution in [2.75, 3.05) is 0 Å². The first-order valence-electron chi connectivity index (χ1n) is 8.18. The zero-order valence-electron chi connectivity index (χ0n) is 13.9. The summed E-state index contributed by atoms with van der Waals surface area (Å²) in [6, 6.07) is 4.15. The number of carbonyl (C=O) groups is 1. The van der Waals surface area contributed by atoms with Gasteiger partial charge in [-0.05, 0) is 69.1 Å². The van der Waals surface area contributed by atoms with E-state index in [1.54, 1.807) is 0 Å². The number of nitrogens with one attached hydrogen (secondary N) is 1. The average molecular weight is 299 g/mol. The molecular weight excluding hydrogens is 274 g/mol. The second-order valence-electron chi connectivity index (χ2n) is 7.22. The lowest BCUT2D eigenvalue weighted by Crippen LogP contribution is -2.47. The summed E-state index contributed by atoms with van der Waals surface area (Å²) >= 11 is 0. The molecule has 1 heterocycles. The Morgan fingerprint density at radius 1 is 1.14 bits per heavy atom. The van der Waals surface area contributed by atoms with Crippen molar-refractivity contribution in [3.05, 3.63) is 40.1 Å². The molecular formula is C19H25NO2. The fraction of sp³-hybridized carbons (Fsp3) is 0.526. The Labute approximate surface area is 132 Å². The third-order valence-corrected chi connectivity index (χ3v) is 5.32. The molecule has 0 bridgehead atoms. The summed E-state index contributed by atoms with van der Waals surface area (Å²) in [6.07, 6.45) is 3.76. The van der Waals surface area contributed by atoms with Crippen LogP contribution in [0.25, 0.3) is 5.57 Å². The van der Waals surface area contributed by atoms with Gasteiger partial charge in [-0.1, -0.05) is 24.6 Å². The molecule has 1 amide bonds. The van der Waals surface area contributed by atoms with Crippen LogP contribution in [-0.2, 0) is 4.79 Å². The molecule has 2 aliphatic rings. The van der Waals surface area contributed by atoms with Crippen LogP contribution in [0.15, 0.2) is 17.9 Å². The summed E-state index contributed by atoms with van der Waals surface area (Å²) in [5.41, 5.74) is 4.15. The lowest BCUT2D eigenvalue weighted by molar-refractivity contribution is -0.116. The minimum atomic E-state index is -0.525. The number of rotatable bonds is 1. The zero-order chi connectivity index (χ0) is 16.1. The van der Waals surface area contributed by atoms with Gasteiger partial charge >= 0.3 is 0 Å². The molecule has 3 rings (SSSR count). The predicted molar refractivity (Wildman–Crippen MR) is 88.7 cm³/mol. The van der Waals surface area contributed by atoms with Crippen molar-refractivity contribution in [1.29, 1.82) is 0 Å². The van der Waals surface area contributed by atoms with Gasteiger partial charge in [0.05, 0.1) is 11.1 Å². The summed E-state index contributed by atoms with van der Waals surface area (Å²) in [4.78, 5) is 12.6. The van der Waals surface area contributed by atoms with Crippen molar-refractivity contribution in [3.63, 3.8) is 0 Å². The van der Waals surface area contributed by atoms with E-state index < -0.39 is 5.54 Å². The van der Waals surface area contributed by atoms with Crippen molar-refractivity contribution in [2.24, 2.45) is 5.92 Å². The molecule has 1 aliphatic heterocycles. The monoisotopic (exact) mass is 299 g/mol. The molecule has 118 valence electrons. The highest BCUT2D eigenvalue weighted by Gasteiger charge is 2.47. The lowest BCUT2D eigenvalue weighted by Gasteiger charge is -2.36. The van der Waals surface area contributed by atoms with Crippen LogP contribution in [0.4, 0.5) is 0 Å². The van der Waals surface area contributed by atoms with Gasteiger partial charge in [0, 0.05) is 0 Å². The van der Waals surface area contributed by atoms with E-state index in [2.05, 4.69) is 31.3 Å². The maximum Gasteiger partial charge on any atom is 0.256 e. The third kappa shape index (κ3) is 2.23. The Morgan fingerprint density at radius 2 is 1.68 bits per heavy atom. The number of amides is 1. The highest BCUT2D eigenvalue weighted by atomic mass is 16.3. The van der Waals surface area contributed by atoms with Crippen LogP contribution in [0.1, 0.15) is 54.9 Å². The Bertz CT molecular complexity index is 641. The molecule has 0 aromatic heterocycles. The molecule has 1 aromatic carbocycles. The number of hydrogen-bond donors (Lipinski definition) is 2. The lowest BCUT2D eigenvalue weighted by atomic mass is 9.76. The Morgan fingerprint density at radius 3 is 2.23 bits per heavy atom. The van der Waals surface area contributed by atoms with E-state index in [0.717, 1.165) is 42.4 Å². The van der Waals surface area contributed by atoms with E-state index in [9.17, 15) is 9.90 Å². The first kappa shape index (κ1) is 15.1. The van der Waals surface area contributed by atoms with Crippen LogP contribution < -0.4 is 5.32 Å². The van der Waals surface area contributed by atoms with Crippen LogP contribution in [0.2, 0.25) is 0 Å². The molecule has 0 atom stereocenters. The van der Waals surface area contributed by atoms with E-state index in [0.29, 0.717) is 11.5 Å². The van der Waals surface area contributed by atoms with Crippen LogP contribution in [-0.4, -0.2) is 16.6 Å². The van der Waals surface area contributed by atoms with Crippen molar-refractivity contribution in [1.82, 2.24) is 5.32 Å². The van der Waals surface area contributed by atoms with E-state index in [-0.39, 0.29) is 11.7 Å². The summed E-state index contributed by atoms with van der Waals surface area (Å²) in [6.45, 7) is 8.31. The number of benzene rings is 1. The van der Waals surface area contributed by atoms with Gasteiger partial charge in [-0.15, -0.1) is 0 Å². The first-order valence-corrected chi connectivity index (χ1v) is 8.18. The van der Waals surface area contributed by atoms with Crippen molar-refractivity contribution in [2.45, 2.75) is 58.9 Å². The van der Waals surface area contributed by atoms with Gasteiger partial charge in [0.15, 0.2) is 0 Å². The minimum absolute atomic E-state index is 0.123. The predicted octanol–water partition coefficient (Wildman–Crippen LogP) is 3.96. The van der Waals surface area contributed by atoms with Gasteiger partial charge in [0.2, 0.25) is 0 Å². The fourth-order valence-electron chi connectivity index (χ4n) is 4.11. The van der Waals surface area contributed by atoms with Crippen LogP contribution in [0.5, 0.6) is 0 Å². The van der Waals surface area contributed by atoms with Gasteiger partial charge in [-0.25, -0.2) is 0 Å². The van der Waals surface area contributed by atoms with E-state index in [4.69, 9.17) is 0 Å². The zero-order valence-corrected chi connectivity index (χ0v) is 13.9. The van der Waals surface area contributed by atoms with Crippen LogP contribution in [0.3, 0.4) is 0 Å². The molecule has 1 aliphatic carbocycles. The van der Waals surface area contributed by atoms with E-state index in [1.807, 2.05) is 13.8 Å². The maximum absolute atomic E-state index is 12.6. The summed E-state index contributed by atoms with van der Waals surface area (Å²) in [5.74, 6) is 0.809. The molecule has 0 unspecified atom stereocenters. The Hall–Kier alpha value is -1.77. The molecule has 1 spiro atoms. The number of hydrogen-bond acceptors (Lipinski definition) is 2. The number of aryl methyl sites for hydroxylation is 3. The number of carbonyl (C=O) groups excluding carboxylic acids is 1. The highest BCUT2D eigenvalue weighted by molar-refractivity contribution is 6.23. The smallest absolute Gasteiger partial charge is 0.256 e. The van der Waals surface area contributed by atoms with Gasteiger partial charge in [0.25, 0.3) is 5.91 Å². The number of aliphatic hydroxyl groups is 1. The Balaban J connectivity index is 2.10. The largest absolute Gasteiger partial charge is 0.509 e. The second-order valence-corrected chi connectivity index (χ2v) is 7.22. The van der Waals surface area contributed by atoms with Crippen LogP contribution in [0, 0.1) is 26.7 Å². The average Bonchev–Trinajstić information content (AvgIpc) is 2.66. The quantitative estimate of drug-likeness (QED) is 0.824. The van der Waals surface area contributed by atoms with Crippen LogP contribution >= 0.6 is 0 Å². The van der Waals surface area contributed by atoms with Crippen molar-refractivity contribution in [3.8, 4) is 0 Å². The topological polar surface area (TPSA) is 49.3 Å². The molecule has 0 saturated heterocycles. The van der Waals surface area contributed by atoms with Gasteiger partial charge in [-0.3, -0.25) is 4.79 Å². The van der Waals surface area contributed by atoms with Crippen molar-refractivity contribution < 1.29 is 9.90 Å². The minimum Gasteiger partial charge on any atom is -0.509 e. The van der Waals surface area contributed by atoms with Gasteiger partial charge in [0.1, 0.15) is 5.76 Å². The molecule has 2 N–H and O–H groups in total. The molecule has 3 nitrogen and oxygen atoms in total. The van der Waals surface area contributed by atoms with Gasteiger partial charge in [-0.2, -0.15) is 0 Å². The summed E-state index contributed by atoms with van der Waals surface area (Å²) in [7, 11) is 0.